The van der Waals surface area contributed by atoms with E-state index in [1.807, 2.05) is 18.2 Å². The normalized spacial score (nSPS) is 11.5. The van der Waals surface area contributed by atoms with Crippen LogP contribution in [-0.2, 0) is 12.7 Å². The lowest BCUT2D eigenvalue weighted by Gasteiger charge is -2.12. The molecule has 21 heavy (non-hydrogen) atoms. The first-order valence-electron chi connectivity index (χ1n) is 5.82. The summed E-state index contributed by atoms with van der Waals surface area (Å²) in [5, 5.41) is 3.17. The number of hydrogen-bond donors (Lipinski definition) is 1. The lowest BCUT2D eigenvalue weighted by Crippen LogP contribution is -2.07. The fraction of sp³-hybridized carbons (Fsp3) is 0.143. The van der Waals surface area contributed by atoms with Crippen molar-refractivity contribution < 1.29 is 13.2 Å². The van der Waals surface area contributed by atoms with E-state index in [9.17, 15) is 13.2 Å². The summed E-state index contributed by atoms with van der Waals surface area (Å²) in [6.07, 6.45) is -4.39. The van der Waals surface area contributed by atoms with E-state index in [4.69, 9.17) is 11.6 Å². The number of nitrogens with one attached hydrogen (secondary N) is 1. The Hall–Kier alpha value is -0.720. The van der Waals surface area contributed by atoms with Gasteiger partial charge in [0.1, 0.15) is 0 Å². The van der Waals surface area contributed by atoms with E-state index in [-0.39, 0.29) is 10.7 Å². The van der Waals surface area contributed by atoms with E-state index in [1.54, 1.807) is 0 Å². The predicted molar refractivity (Wildman–Crippen MR) is 85.6 cm³/mol. The summed E-state index contributed by atoms with van der Waals surface area (Å²) in [5.41, 5.74) is 0.440. The van der Waals surface area contributed by atoms with Crippen LogP contribution in [0.3, 0.4) is 0 Å². The van der Waals surface area contributed by atoms with Gasteiger partial charge < -0.3 is 5.32 Å². The molecule has 0 unspecified atom stereocenters. The van der Waals surface area contributed by atoms with Gasteiger partial charge >= 0.3 is 6.18 Å². The highest BCUT2D eigenvalue weighted by Crippen LogP contribution is 2.34. The molecule has 0 heterocycles. The lowest BCUT2D eigenvalue weighted by atomic mass is 10.1. The Labute approximate surface area is 141 Å². The van der Waals surface area contributed by atoms with Crippen LogP contribution in [0, 0.1) is 0 Å². The summed E-state index contributed by atoms with van der Waals surface area (Å²) >= 11 is 12.7. The van der Waals surface area contributed by atoms with Gasteiger partial charge in [-0.15, -0.1) is 0 Å². The predicted octanol–water partition coefficient (Wildman–Crippen LogP) is 6.50. The molecule has 0 bridgehead atoms. The first kappa shape index (κ1) is 16.6. The third kappa shape index (κ3) is 4.37. The second-order valence-electron chi connectivity index (χ2n) is 4.29. The maximum Gasteiger partial charge on any atom is 0.416 e. The third-order valence-electron chi connectivity index (χ3n) is 2.76. The first-order chi connectivity index (χ1) is 9.77. The molecule has 0 aliphatic heterocycles. The van der Waals surface area contributed by atoms with E-state index in [1.165, 1.54) is 6.07 Å². The van der Waals surface area contributed by atoms with Gasteiger partial charge in [-0.25, -0.2) is 0 Å². The van der Waals surface area contributed by atoms with Crippen LogP contribution in [0.2, 0.25) is 5.02 Å². The molecule has 0 spiro atoms. The Morgan fingerprint density at radius 2 is 1.71 bits per heavy atom. The molecule has 0 fully saturated rings. The Balaban J connectivity index is 2.17. The van der Waals surface area contributed by atoms with Crippen molar-refractivity contribution in [2.45, 2.75) is 12.7 Å². The van der Waals surface area contributed by atoms with Crippen LogP contribution in [0.5, 0.6) is 0 Å². The zero-order chi connectivity index (χ0) is 15.6. The average molecular weight is 443 g/mol. The van der Waals surface area contributed by atoms with E-state index in [0.717, 1.165) is 26.6 Å². The molecule has 0 atom stereocenters. The summed E-state index contributed by atoms with van der Waals surface area (Å²) in [7, 11) is 0. The van der Waals surface area contributed by atoms with Gasteiger partial charge in [0.05, 0.1) is 16.3 Å². The van der Waals surface area contributed by atoms with Crippen molar-refractivity contribution in [2.75, 3.05) is 5.32 Å². The number of rotatable bonds is 3. The Morgan fingerprint density at radius 3 is 2.33 bits per heavy atom. The second kappa shape index (κ2) is 6.58. The standard InChI is InChI=1S/C14H9Br2ClF3N/c15-10-3-1-8(5-11(10)16)7-21-13-6-9(14(18,19)20)2-4-12(13)17/h1-6,21H,7H2. The average Bonchev–Trinajstić information content (AvgIpc) is 2.40. The summed E-state index contributed by atoms with van der Waals surface area (Å²) in [5.74, 6) is 0. The van der Waals surface area contributed by atoms with Crippen molar-refractivity contribution in [3.63, 3.8) is 0 Å². The van der Waals surface area contributed by atoms with Gasteiger partial charge in [0.25, 0.3) is 0 Å². The molecule has 7 heteroatoms. The molecule has 0 amide bonds. The third-order valence-corrected chi connectivity index (χ3v) is 4.97. The molecule has 0 aromatic heterocycles. The van der Waals surface area contributed by atoms with E-state index in [2.05, 4.69) is 37.2 Å². The van der Waals surface area contributed by atoms with E-state index < -0.39 is 11.7 Å². The van der Waals surface area contributed by atoms with Gasteiger partial charge in [-0.05, 0) is 67.8 Å². The number of alkyl halides is 3. The Bertz CT molecular complexity index is 659. The summed E-state index contributed by atoms with van der Waals surface area (Å²) in [6, 6.07) is 8.81. The van der Waals surface area contributed by atoms with Gasteiger partial charge in [0, 0.05) is 15.5 Å². The van der Waals surface area contributed by atoms with Crippen LogP contribution in [0.15, 0.2) is 45.3 Å². The Kier molecular flexibility index (Phi) is 5.22. The fourth-order valence-corrected chi connectivity index (χ4v) is 2.54. The van der Waals surface area contributed by atoms with Gasteiger partial charge in [-0.1, -0.05) is 17.7 Å². The summed E-state index contributed by atoms with van der Waals surface area (Å²) in [6.45, 7) is 0.368. The second-order valence-corrected chi connectivity index (χ2v) is 6.41. The van der Waals surface area contributed by atoms with E-state index in [0.29, 0.717) is 6.54 Å². The van der Waals surface area contributed by atoms with Gasteiger partial charge in [-0.2, -0.15) is 13.2 Å². The van der Waals surface area contributed by atoms with Crippen molar-refractivity contribution in [1.82, 2.24) is 0 Å². The highest BCUT2D eigenvalue weighted by atomic mass is 79.9. The van der Waals surface area contributed by atoms with Crippen molar-refractivity contribution in [1.29, 1.82) is 0 Å². The maximum absolute atomic E-state index is 12.7. The van der Waals surface area contributed by atoms with Gasteiger partial charge in [0.2, 0.25) is 0 Å². The minimum Gasteiger partial charge on any atom is -0.380 e. The maximum atomic E-state index is 12.7. The number of benzene rings is 2. The van der Waals surface area contributed by atoms with Crippen LogP contribution in [-0.4, -0.2) is 0 Å². The molecule has 112 valence electrons. The Morgan fingerprint density at radius 1 is 1.00 bits per heavy atom. The molecular weight excluding hydrogens is 434 g/mol. The molecule has 0 aliphatic carbocycles. The largest absolute Gasteiger partial charge is 0.416 e. The zero-order valence-corrected chi connectivity index (χ0v) is 14.4. The van der Waals surface area contributed by atoms with Crippen LogP contribution in [0.25, 0.3) is 0 Å². The monoisotopic (exact) mass is 441 g/mol. The van der Waals surface area contributed by atoms with Crippen molar-refractivity contribution >= 4 is 49.1 Å². The molecule has 0 saturated heterocycles. The number of anilines is 1. The molecule has 2 rings (SSSR count). The SMILES string of the molecule is FC(F)(F)c1ccc(Cl)c(NCc2ccc(Br)c(Br)c2)c1. The molecule has 2 aromatic carbocycles. The van der Waals surface area contributed by atoms with Crippen molar-refractivity contribution in [3.05, 3.63) is 61.5 Å². The van der Waals surface area contributed by atoms with Crippen LogP contribution < -0.4 is 5.32 Å². The number of halogens is 6. The minimum absolute atomic E-state index is 0.249. The van der Waals surface area contributed by atoms with Crippen LogP contribution in [0.1, 0.15) is 11.1 Å². The molecule has 0 saturated carbocycles. The van der Waals surface area contributed by atoms with Crippen molar-refractivity contribution in [3.8, 4) is 0 Å². The fourth-order valence-electron chi connectivity index (χ4n) is 1.68. The molecule has 2 aromatic rings. The highest BCUT2D eigenvalue weighted by Gasteiger charge is 2.30. The first-order valence-corrected chi connectivity index (χ1v) is 7.78. The molecule has 1 N–H and O–H groups in total. The molecule has 1 nitrogen and oxygen atoms in total. The van der Waals surface area contributed by atoms with Crippen LogP contribution in [0.4, 0.5) is 18.9 Å². The van der Waals surface area contributed by atoms with Crippen LogP contribution >= 0.6 is 43.5 Å². The molecular formula is C14H9Br2ClF3N. The molecule has 0 radical (unpaired) electrons. The smallest absolute Gasteiger partial charge is 0.380 e. The van der Waals surface area contributed by atoms with Gasteiger partial charge in [0.15, 0.2) is 0 Å². The minimum atomic E-state index is -4.39. The molecule has 0 aliphatic rings. The summed E-state index contributed by atoms with van der Waals surface area (Å²) < 4.78 is 39.8. The zero-order valence-electron chi connectivity index (χ0n) is 10.4. The van der Waals surface area contributed by atoms with Gasteiger partial charge in [-0.3, -0.25) is 0 Å². The number of hydrogen-bond acceptors (Lipinski definition) is 1. The summed E-state index contributed by atoms with van der Waals surface area (Å²) in [4.78, 5) is 0. The topological polar surface area (TPSA) is 12.0 Å². The lowest BCUT2D eigenvalue weighted by molar-refractivity contribution is -0.137. The quantitative estimate of drug-likeness (QED) is 0.571. The van der Waals surface area contributed by atoms with Crippen molar-refractivity contribution in [2.24, 2.45) is 0 Å². The highest BCUT2D eigenvalue weighted by molar-refractivity contribution is 9.13. The van der Waals surface area contributed by atoms with E-state index >= 15 is 0 Å².